The van der Waals surface area contributed by atoms with E-state index in [2.05, 4.69) is 55.5 Å². The van der Waals surface area contributed by atoms with Crippen molar-refractivity contribution in [3.8, 4) is 33.6 Å². The molecule has 12 nitrogen and oxygen atoms in total. The first-order valence-electron chi connectivity index (χ1n) is 20.5. The van der Waals surface area contributed by atoms with Crippen LogP contribution in [0.3, 0.4) is 0 Å². The van der Waals surface area contributed by atoms with Gasteiger partial charge in [0.2, 0.25) is 23.6 Å². The second-order valence-corrected chi connectivity index (χ2v) is 18.6. The number of aromatic amines is 2. The van der Waals surface area contributed by atoms with Gasteiger partial charge in [0.25, 0.3) is 0 Å². The van der Waals surface area contributed by atoms with Crippen molar-refractivity contribution in [2.24, 2.45) is 22.7 Å². The van der Waals surface area contributed by atoms with E-state index in [4.69, 9.17) is 9.97 Å². The minimum Gasteiger partial charge on any atom is -0.344 e. The lowest BCUT2D eigenvalue weighted by atomic mass is 9.83. The summed E-state index contributed by atoms with van der Waals surface area (Å²) in [6.45, 7) is 27.1. The molecule has 4 aromatic rings. The second kappa shape index (κ2) is 17.7. The van der Waals surface area contributed by atoms with Gasteiger partial charge in [0, 0.05) is 12.8 Å². The van der Waals surface area contributed by atoms with Crippen LogP contribution in [0.1, 0.15) is 134 Å². The van der Waals surface area contributed by atoms with Crippen molar-refractivity contribution < 1.29 is 19.2 Å². The molecule has 314 valence electrons. The lowest BCUT2D eigenvalue weighted by Crippen LogP contribution is -2.61. The first-order valence-corrected chi connectivity index (χ1v) is 20.5. The number of nitrogens with zero attached hydrogens (tertiary/aromatic N) is 2. The van der Waals surface area contributed by atoms with Gasteiger partial charge in [0.05, 0.1) is 35.9 Å². The fourth-order valence-electron chi connectivity index (χ4n) is 6.58. The van der Waals surface area contributed by atoms with Crippen molar-refractivity contribution in [1.82, 2.24) is 41.2 Å². The minimum absolute atomic E-state index is 0.133. The Bertz CT molecular complexity index is 1900. The van der Waals surface area contributed by atoms with Gasteiger partial charge in [-0.1, -0.05) is 132 Å². The van der Waals surface area contributed by atoms with Crippen molar-refractivity contribution in [3.63, 3.8) is 0 Å². The normalized spacial score (nSPS) is 15.2. The van der Waals surface area contributed by atoms with Crippen LogP contribution in [0, 0.1) is 22.7 Å². The summed E-state index contributed by atoms with van der Waals surface area (Å²) in [4.78, 5) is 68.4. The van der Waals surface area contributed by atoms with Crippen LogP contribution in [0.4, 0.5) is 0 Å². The quantitative estimate of drug-likeness (QED) is 0.0705. The summed E-state index contributed by atoms with van der Waals surface area (Å²) in [5, 5.41) is 12.2. The van der Waals surface area contributed by atoms with E-state index in [-0.39, 0.29) is 46.3 Å². The van der Waals surface area contributed by atoms with Crippen LogP contribution < -0.4 is 21.3 Å². The van der Waals surface area contributed by atoms with Gasteiger partial charge in [-0.3, -0.25) is 19.2 Å². The Morgan fingerprint density at radius 3 is 1.09 bits per heavy atom. The lowest BCUT2D eigenvalue weighted by Gasteiger charge is -2.37. The highest BCUT2D eigenvalue weighted by Crippen LogP contribution is 2.36. The molecule has 2 aromatic heterocycles. The van der Waals surface area contributed by atoms with Gasteiger partial charge < -0.3 is 31.2 Å². The van der Waals surface area contributed by atoms with Crippen LogP contribution in [-0.2, 0) is 19.2 Å². The zero-order chi connectivity index (χ0) is 43.4. The Balaban J connectivity index is 1.51. The number of nitrogens with one attached hydrogen (secondary N) is 6. The number of amides is 4. The summed E-state index contributed by atoms with van der Waals surface area (Å²) >= 11 is 0. The monoisotopic (exact) mass is 795 g/mol. The molecule has 0 fully saturated rings. The Labute approximate surface area is 345 Å². The molecule has 58 heavy (non-hydrogen) atoms. The molecule has 0 aliphatic rings. The molecule has 0 bridgehead atoms. The molecule has 12 heteroatoms. The van der Waals surface area contributed by atoms with Crippen molar-refractivity contribution in [3.05, 3.63) is 72.6 Å². The van der Waals surface area contributed by atoms with Gasteiger partial charge >= 0.3 is 0 Å². The number of benzene rings is 2. The SMILES string of the molecule is CCC(=O)NC(C)(C(=O)N[C@H](c1ncc(-c2ccc(-c3ccc(-c4cnc([C@@H](NC(=O)C(C)(NC(=O)CC)C(C)C)C(C)(C)C)[nH]4)cc3)cc2)[nH]1)C(C)(C)C)C(C)C. The third-order valence-electron chi connectivity index (χ3n) is 11.4. The summed E-state index contributed by atoms with van der Waals surface area (Å²) < 4.78 is 0. The topological polar surface area (TPSA) is 174 Å². The molecular weight excluding hydrogens is 729 g/mol. The van der Waals surface area contributed by atoms with Crippen molar-refractivity contribution in [2.75, 3.05) is 0 Å². The van der Waals surface area contributed by atoms with E-state index in [1.807, 2.05) is 93.5 Å². The number of hydrogen-bond acceptors (Lipinski definition) is 6. The fourth-order valence-corrected chi connectivity index (χ4v) is 6.58. The van der Waals surface area contributed by atoms with E-state index in [1.165, 1.54) is 0 Å². The maximum atomic E-state index is 13.7. The van der Waals surface area contributed by atoms with Gasteiger partial charge in [-0.25, -0.2) is 9.97 Å². The smallest absolute Gasteiger partial charge is 0.246 e. The standard InChI is InChI=1S/C46H66N8O4/c1-15-35(55)53-45(13,27(3)4)41(57)51-37(43(7,8)9)39-47-25-33(49-39)31-21-17-29(18-22-31)30-19-23-32(24-20-30)34-26-48-40(50-34)38(44(10,11)12)52-42(58)46(14,28(5)6)54-36(56)16-2/h17-28,37-38H,15-16H2,1-14H3,(H,47,49)(H,48,50)(H,51,57)(H,52,58)(H,53,55)(H,54,56)/t37-,38-,45?,46?/m1/s1. The Morgan fingerprint density at radius 2 is 0.828 bits per heavy atom. The molecular formula is C46H66N8O4. The van der Waals surface area contributed by atoms with Crippen LogP contribution in [0.2, 0.25) is 0 Å². The average molecular weight is 795 g/mol. The zero-order valence-corrected chi connectivity index (χ0v) is 37.0. The maximum Gasteiger partial charge on any atom is 0.246 e. The van der Waals surface area contributed by atoms with Crippen molar-refractivity contribution >= 4 is 23.6 Å². The van der Waals surface area contributed by atoms with E-state index in [9.17, 15) is 19.2 Å². The van der Waals surface area contributed by atoms with Gasteiger partial charge in [-0.15, -0.1) is 0 Å². The van der Waals surface area contributed by atoms with Crippen LogP contribution in [-0.4, -0.2) is 54.6 Å². The summed E-state index contributed by atoms with van der Waals surface area (Å²) in [7, 11) is 0. The van der Waals surface area contributed by atoms with Crippen LogP contribution >= 0.6 is 0 Å². The van der Waals surface area contributed by atoms with E-state index >= 15 is 0 Å². The predicted octanol–water partition coefficient (Wildman–Crippen LogP) is 8.42. The molecule has 4 atom stereocenters. The number of rotatable bonds is 15. The summed E-state index contributed by atoms with van der Waals surface area (Å²) in [5.41, 5.74) is 2.72. The molecule has 0 aliphatic heterocycles. The number of H-pyrrole nitrogens is 2. The van der Waals surface area contributed by atoms with Gasteiger partial charge in [-0.05, 0) is 58.8 Å². The molecule has 2 heterocycles. The number of carbonyl (C=O) groups excluding carboxylic acids is 4. The number of imidazole rings is 2. The molecule has 0 aliphatic carbocycles. The molecule has 4 rings (SSSR count). The summed E-state index contributed by atoms with van der Waals surface area (Å²) in [6, 6.07) is 15.6. The minimum atomic E-state index is -1.08. The molecule has 4 amide bonds. The summed E-state index contributed by atoms with van der Waals surface area (Å²) in [6.07, 6.45) is 4.15. The van der Waals surface area contributed by atoms with E-state index in [0.29, 0.717) is 24.5 Å². The van der Waals surface area contributed by atoms with Crippen molar-refractivity contribution in [2.45, 2.75) is 133 Å². The highest BCUT2D eigenvalue weighted by Gasteiger charge is 2.43. The molecule has 0 radical (unpaired) electrons. The third kappa shape index (κ3) is 10.2. The molecule has 0 spiro atoms. The van der Waals surface area contributed by atoms with Crippen LogP contribution in [0.25, 0.3) is 33.6 Å². The predicted molar refractivity (Wildman–Crippen MR) is 231 cm³/mol. The zero-order valence-electron chi connectivity index (χ0n) is 37.0. The lowest BCUT2D eigenvalue weighted by molar-refractivity contribution is -0.135. The Morgan fingerprint density at radius 1 is 0.534 bits per heavy atom. The van der Waals surface area contributed by atoms with Gasteiger partial charge in [-0.2, -0.15) is 0 Å². The van der Waals surface area contributed by atoms with E-state index < -0.39 is 23.2 Å². The van der Waals surface area contributed by atoms with Crippen LogP contribution in [0.5, 0.6) is 0 Å². The molecule has 2 unspecified atom stereocenters. The van der Waals surface area contributed by atoms with E-state index in [1.54, 1.807) is 40.1 Å². The maximum absolute atomic E-state index is 13.7. The highest BCUT2D eigenvalue weighted by molar-refractivity contribution is 5.92. The van der Waals surface area contributed by atoms with E-state index in [0.717, 1.165) is 33.6 Å². The fraction of sp³-hybridized carbons (Fsp3) is 0.522. The first kappa shape index (κ1) is 45.4. The molecule has 0 saturated carbocycles. The largest absolute Gasteiger partial charge is 0.344 e. The van der Waals surface area contributed by atoms with Gasteiger partial charge in [0.1, 0.15) is 22.7 Å². The Hall–Kier alpha value is -5.26. The number of hydrogen-bond donors (Lipinski definition) is 6. The Kier molecular flexibility index (Phi) is 13.9. The number of aromatic nitrogens is 4. The third-order valence-corrected chi connectivity index (χ3v) is 11.4. The van der Waals surface area contributed by atoms with Crippen LogP contribution in [0.15, 0.2) is 60.9 Å². The summed E-state index contributed by atoms with van der Waals surface area (Å²) in [5.74, 6) is 0.139. The molecule has 0 saturated heterocycles. The second-order valence-electron chi connectivity index (χ2n) is 18.6. The highest BCUT2D eigenvalue weighted by atomic mass is 16.2. The van der Waals surface area contributed by atoms with Crippen molar-refractivity contribution in [1.29, 1.82) is 0 Å². The van der Waals surface area contributed by atoms with Gasteiger partial charge in [0.15, 0.2) is 0 Å². The first-order chi connectivity index (χ1) is 26.9. The average Bonchev–Trinajstić information content (AvgIpc) is 3.85. The molecule has 2 aromatic carbocycles. The number of carbonyl (C=O) groups is 4. The molecule has 6 N–H and O–H groups in total.